The molecule has 0 spiro atoms. The minimum Gasteiger partial charge on any atom is -0.491 e. The highest BCUT2D eigenvalue weighted by atomic mass is 16.5. The van der Waals surface area contributed by atoms with Crippen LogP contribution >= 0.6 is 0 Å². The van der Waals surface area contributed by atoms with E-state index in [2.05, 4.69) is 10.3 Å². The Bertz CT molecular complexity index is 1010. The van der Waals surface area contributed by atoms with Crippen LogP contribution in [0.15, 0.2) is 48.7 Å². The van der Waals surface area contributed by atoms with Crippen molar-refractivity contribution in [2.45, 2.75) is 27.2 Å². The van der Waals surface area contributed by atoms with Crippen molar-refractivity contribution in [3.8, 4) is 23.0 Å². The number of nitrogens with zero attached hydrogens (tertiary/aromatic N) is 1. The molecule has 7 heteroatoms. The number of carbonyl (C=O) groups is 1. The summed E-state index contributed by atoms with van der Waals surface area (Å²) in [6.07, 6.45) is 2.40. The van der Waals surface area contributed by atoms with Crippen molar-refractivity contribution >= 4 is 16.8 Å². The summed E-state index contributed by atoms with van der Waals surface area (Å²) in [7, 11) is 0. The molecule has 0 aliphatic carbocycles. The molecule has 0 aliphatic heterocycles. The van der Waals surface area contributed by atoms with Crippen molar-refractivity contribution in [2.24, 2.45) is 0 Å². The number of aromatic nitrogens is 1. The van der Waals surface area contributed by atoms with Gasteiger partial charge in [0.1, 0.15) is 11.3 Å². The summed E-state index contributed by atoms with van der Waals surface area (Å²) in [4.78, 5) is 17.1. The minimum absolute atomic E-state index is 0.207. The topological polar surface area (TPSA) is 78.9 Å². The zero-order chi connectivity index (χ0) is 22.8. The van der Waals surface area contributed by atoms with Crippen molar-refractivity contribution in [1.29, 1.82) is 0 Å². The fourth-order valence-electron chi connectivity index (χ4n) is 3.27. The Morgan fingerprint density at radius 2 is 1.56 bits per heavy atom. The van der Waals surface area contributed by atoms with Crippen LogP contribution in [0.25, 0.3) is 10.9 Å². The van der Waals surface area contributed by atoms with Gasteiger partial charge in [0.05, 0.1) is 26.4 Å². The van der Waals surface area contributed by atoms with Gasteiger partial charge in [-0.3, -0.25) is 9.78 Å². The summed E-state index contributed by atoms with van der Waals surface area (Å²) in [5, 5.41) is 3.96. The average Bonchev–Trinajstić information content (AvgIpc) is 2.81. The molecule has 170 valence electrons. The molecular weight excluding hydrogens is 408 g/mol. The predicted octanol–water partition coefficient (Wildman–Crippen LogP) is 4.63. The molecule has 1 N–H and O–H groups in total. The normalized spacial score (nSPS) is 10.6. The highest BCUT2D eigenvalue weighted by molar-refractivity contribution is 5.95. The quantitative estimate of drug-likeness (QED) is 0.416. The fraction of sp³-hybridized carbons (Fsp3) is 0.360. The SMILES string of the molecule is CCOc1cc(C(=O)NCCCOc2cccc3cccnc23)cc(OCC)c1OCC. The van der Waals surface area contributed by atoms with Gasteiger partial charge in [0.2, 0.25) is 5.75 Å². The molecule has 3 aromatic rings. The van der Waals surface area contributed by atoms with E-state index in [4.69, 9.17) is 18.9 Å². The van der Waals surface area contributed by atoms with E-state index in [0.29, 0.717) is 62.2 Å². The van der Waals surface area contributed by atoms with Crippen LogP contribution in [0, 0.1) is 0 Å². The van der Waals surface area contributed by atoms with Gasteiger partial charge in [-0.2, -0.15) is 0 Å². The van der Waals surface area contributed by atoms with Gasteiger partial charge in [0.25, 0.3) is 5.91 Å². The van der Waals surface area contributed by atoms with E-state index in [-0.39, 0.29) is 5.91 Å². The maximum absolute atomic E-state index is 12.7. The Morgan fingerprint density at radius 1 is 0.875 bits per heavy atom. The number of hydrogen-bond donors (Lipinski definition) is 1. The second-order valence-electron chi connectivity index (χ2n) is 6.89. The zero-order valence-corrected chi connectivity index (χ0v) is 18.8. The maximum Gasteiger partial charge on any atom is 0.251 e. The number of carbonyl (C=O) groups excluding carboxylic acids is 1. The Morgan fingerprint density at radius 3 is 2.25 bits per heavy atom. The fourth-order valence-corrected chi connectivity index (χ4v) is 3.27. The molecule has 0 atom stereocenters. The first-order valence-corrected chi connectivity index (χ1v) is 11.0. The number of fused-ring (bicyclic) bond motifs is 1. The van der Waals surface area contributed by atoms with E-state index in [1.165, 1.54) is 0 Å². The molecule has 0 fully saturated rings. The first kappa shape index (κ1) is 23.2. The molecule has 0 saturated heterocycles. The van der Waals surface area contributed by atoms with E-state index in [1.807, 2.05) is 51.1 Å². The van der Waals surface area contributed by atoms with Crippen molar-refractivity contribution in [3.63, 3.8) is 0 Å². The molecule has 7 nitrogen and oxygen atoms in total. The van der Waals surface area contributed by atoms with E-state index < -0.39 is 0 Å². The molecule has 2 aromatic carbocycles. The van der Waals surface area contributed by atoms with Crippen LogP contribution in [0.2, 0.25) is 0 Å². The van der Waals surface area contributed by atoms with Crippen molar-refractivity contribution in [2.75, 3.05) is 33.0 Å². The number of benzene rings is 2. The molecule has 0 bridgehead atoms. The number of pyridine rings is 1. The Kier molecular flexibility index (Phi) is 8.54. The highest BCUT2D eigenvalue weighted by Crippen LogP contribution is 2.39. The standard InChI is InChI=1S/C25H30N2O5/c1-4-29-21-16-19(17-22(30-5-2)24(21)31-6-3)25(28)27-14-9-15-32-20-12-7-10-18-11-8-13-26-23(18)20/h7-8,10-13,16-17H,4-6,9,14-15H2,1-3H3,(H,27,28). The van der Waals surface area contributed by atoms with Crippen LogP contribution in [0.3, 0.4) is 0 Å². The van der Waals surface area contributed by atoms with Gasteiger partial charge in [0, 0.05) is 23.7 Å². The summed E-state index contributed by atoms with van der Waals surface area (Å²) < 4.78 is 22.9. The summed E-state index contributed by atoms with van der Waals surface area (Å²) in [6.45, 7) is 7.98. The zero-order valence-electron chi connectivity index (χ0n) is 18.8. The van der Waals surface area contributed by atoms with Gasteiger partial charge in [-0.25, -0.2) is 0 Å². The lowest BCUT2D eigenvalue weighted by Gasteiger charge is -2.17. The first-order valence-electron chi connectivity index (χ1n) is 11.0. The summed E-state index contributed by atoms with van der Waals surface area (Å²) >= 11 is 0. The van der Waals surface area contributed by atoms with E-state index >= 15 is 0 Å². The summed E-state index contributed by atoms with van der Waals surface area (Å²) in [5.41, 5.74) is 1.29. The van der Waals surface area contributed by atoms with Gasteiger partial charge < -0.3 is 24.3 Å². The number of hydrogen-bond acceptors (Lipinski definition) is 6. The molecule has 0 radical (unpaired) electrons. The number of nitrogens with one attached hydrogen (secondary N) is 1. The third-order valence-electron chi connectivity index (χ3n) is 4.63. The summed E-state index contributed by atoms with van der Waals surface area (Å²) in [6, 6.07) is 13.1. The molecule has 1 amide bonds. The van der Waals surface area contributed by atoms with Crippen molar-refractivity contribution in [3.05, 3.63) is 54.2 Å². The van der Waals surface area contributed by atoms with Gasteiger partial charge in [-0.05, 0) is 51.5 Å². The second kappa shape index (κ2) is 11.8. The third kappa shape index (κ3) is 5.81. The van der Waals surface area contributed by atoms with Crippen LogP contribution in [0.4, 0.5) is 0 Å². The minimum atomic E-state index is -0.207. The lowest BCUT2D eigenvalue weighted by Crippen LogP contribution is -2.25. The third-order valence-corrected chi connectivity index (χ3v) is 4.63. The van der Waals surface area contributed by atoms with Gasteiger partial charge in [-0.1, -0.05) is 18.2 Å². The number of ether oxygens (including phenoxy) is 4. The molecule has 32 heavy (non-hydrogen) atoms. The van der Waals surface area contributed by atoms with Crippen LogP contribution in [0.5, 0.6) is 23.0 Å². The first-order chi connectivity index (χ1) is 15.7. The lowest BCUT2D eigenvalue weighted by atomic mass is 10.1. The van der Waals surface area contributed by atoms with Gasteiger partial charge in [0.15, 0.2) is 11.5 Å². The summed E-state index contributed by atoms with van der Waals surface area (Å²) in [5.74, 6) is 2.05. The monoisotopic (exact) mass is 438 g/mol. The molecule has 0 unspecified atom stereocenters. The number of rotatable bonds is 12. The van der Waals surface area contributed by atoms with Gasteiger partial charge in [-0.15, -0.1) is 0 Å². The number of amides is 1. The van der Waals surface area contributed by atoms with Crippen LogP contribution in [-0.2, 0) is 0 Å². The Labute approximate surface area is 188 Å². The Balaban J connectivity index is 1.59. The Hall–Kier alpha value is -3.48. The van der Waals surface area contributed by atoms with Crippen LogP contribution in [-0.4, -0.2) is 43.9 Å². The molecular formula is C25H30N2O5. The smallest absolute Gasteiger partial charge is 0.251 e. The molecule has 1 aromatic heterocycles. The van der Waals surface area contributed by atoms with Crippen LogP contribution in [0.1, 0.15) is 37.6 Å². The number of para-hydroxylation sites is 1. The van der Waals surface area contributed by atoms with E-state index in [1.54, 1.807) is 18.3 Å². The average molecular weight is 439 g/mol. The highest BCUT2D eigenvalue weighted by Gasteiger charge is 2.18. The van der Waals surface area contributed by atoms with Crippen molar-refractivity contribution < 1.29 is 23.7 Å². The predicted molar refractivity (Wildman–Crippen MR) is 124 cm³/mol. The molecule has 0 saturated carbocycles. The van der Waals surface area contributed by atoms with E-state index in [0.717, 1.165) is 16.7 Å². The van der Waals surface area contributed by atoms with Gasteiger partial charge >= 0.3 is 0 Å². The van der Waals surface area contributed by atoms with E-state index in [9.17, 15) is 4.79 Å². The largest absolute Gasteiger partial charge is 0.491 e. The second-order valence-corrected chi connectivity index (χ2v) is 6.89. The molecule has 0 aliphatic rings. The maximum atomic E-state index is 12.7. The molecule has 3 rings (SSSR count). The molecule has 1 heterocycles. The van der Waals surface area contributed by atoms with Crippen molar-refractivity contribution in [1.82, 2.24) is 10.3 Å². The van der Waals surface area contributed by atoms with Crippen LogP contribution < -0.4 is 24.3 Å². The lowest BCUT2D eigenvalue weighted by molar-refractivity contribution is 0.0950.